The molecule has 0 radical (unpaired) electrons. The molecule has 0 fully saturated rings. The van der Waals surface area contributed by atoms with E-state index in [2.05, 4.69) is 10.6 Å². The highest BCUT2D eigenvalue weighted by Crippen LogP contribution is 2.24. The number of nitrogens with two attached hydrogens (primary N) is 1. The van der Waals surface area contributed by atoms with Gasteiger partial charge < -0.3 is 16.4 Å². The molecule has 0 saturated heterocycles. The molecule has 0 unspecified atom stereocenters. The summed E-state index contributed by atoms with van der Waals surface area (Å²) in [6.45, 7) is 2.04. The standard InChI is InChI=1S/C16H16ClN3O2/c1-2-10-3-6-12(7-4-10)19-15(21)16(22)20-14-8-5-11(18)9-13(14)17/h3-9H,2,18H2,1H3,(H,19,21)(H,20,22). The Morgan fingerprint density at radius 1 is 1.05 bits per heavy atom. The van der Waals surface area contributed by atoms with Crippen molar-refractivity contribution in [2.45, 2.75) is 13.3 Å². The molecule has 2 aromatic carbocycles. The number of carbonyl (C=O) groups excluding carboxylic acids is 2. The molecule has 0 spiro atoms. The minimum atomic E-state index is -0.800. The van der Waals surface area contributed by atoms with Crippen LogP contribution in [0.15, 0.2) is 42.5 Å². The van der Waals surface area contributed by atoms with Gasteiger partial charge in [0.1, 0.15) is 0 Å². The lowest BCUT2D eigenvalue weighted by Gasteiger charge is -2.08. The van der Waals surface area contributed by atoms with Crippen LogP contribution in [-0.2, 0) is 16.0 Å². The second-order valence-corrected chi connectivity index (χ2v) is 5.11. The Morgan fingerprint density at radius 2 is 1.68 bits per heavy atom. The van der Waals surface area contributed by atoms with Crippen LogP contribution in [0.4, 0.5) is 17.1 Å². The van der Waals surface area contributed by atoms with Crippen molar-refractivity contribution in [3.05, 3.63) is 53.1 Å². The first-order valence-corrected chi connectivity index (χ1v) is 7.13. The van der Waals surface area contributed by atoms with Crippen LogP contribution in [0.25, 0.3) is 0 Å². The van der Waals surface area contributed by atoms with Gasteiger partial charge in [-0.05, 0) is 42.3 Å². The lowest BCUT2D eigenvalue weighted by molar-refractivity contribution is -0.132. The van der Waals surface area contributed by atoms with Gasteiger partial charge in [0.25, 0.3) is 0 Å². The maximum absolute atomic E-state index is 11.9. The van der Waals surface area contributed by atoms with Crippen LogP contribution in [0.2, 0.25) is 5.02 Å². The highest BCUT2D eigenvalue weighted by Gasteiger charge is 2.15. The number of carbonyl (C=O) groups is 2. The summed E-state index contributed by atoms with van der Waals surface area (Å²) in [6, 6.07) is 11.9. The number of amides is 2. The maximum Gasteiger partial charge on any atom is 0.314 e. The predicted molar refractivity (Wildman–Crippen MR) is 88.9 cm³/mol. The molecule has 0 aliphatic heterocycles. The Hall–Kier alpha value is -2.53. The van der Waals surface area contributed by atoms with E-state index in [4.69, 9.17) is 17.3 Å². The third kappa shape index (κ3) is 3.99. The summed E-state index contributed by atoms with van der Waals surface area (Å²) in [6.07, 6.45) is 0.907. The first-order chi connectivity index (χ1) is 10.5. The summed E-state index contributed by atoms with van der Waals surface area (Å²) in [5, 5.41) is 5.24. The molecule has 5 nitrogen and oxygen atoms in total. The van der Waals surface area contributed by atoms with Crippen LogP contribution >= 0.6 is 11.6 Å². The Kier molecular flexibility index (Phi) is 5.01. The summed E-state index contributed by atoms with van der Waals surface area (Å²) >= 11 is 5.95. The van der Waals surface area contributed by atoms with Crippen LogP contribution in [0.5, 0.6) is 0 Å². The van der Waals surface area contributed by atoms with Gasteiger partial charge in [0.15, 0.2) is 0 Å². The molecule has 22 heavy (non-hydrogen) atoms. The van der Waals surface area contributed by atoms with Crippen molar-refractivity contribution in [3.8, 4) is 0 Å². The molecule has 2 rings (SSSR count). The largest absolute Gasteiger partial charge is 0.399 e. The van der Waals surface area contributed by atoms with E-state index in [9.17, 15) is 9.59 Å². The minimum Gasteiger partial charge on any atom is -0.399 e. The van der Waals surface area contributed by atoms with E-state index in [0.717, 1.165) is 12.0 Å². The van der Waals surface area contributed by atoms with Crippen LogP contribution < -0.4 is 16.4 Å². The van der Waals surface area contributed by atoms with E-state index in [0.29, 0.717) is 17.1 Å². The van der Waals surface area contributed by atoms with Gasteiger partial charge in [-0.25, -0.2) is 0 Å². The van der Waals surface area contributed by atoms with Crippen LogP contribution in [0.3, 0.4) is 0 Å². The zero-order valence-electron chi connectivity index (χ0n) is 12.0. The van der Waals surface area contributed by atoms with Gasteiger partial charge in [-0.1, -0.05) is 30.7 Å². The van der Waals surface area contributed by atoms with Crippen molar-refractivity contribution >= 4 is 40.5 Å². The number of hydrogen-bond acceptors (Lipinski definition) is 3. The molecule has 2 aromatic rings. The summed E-state index contributed by atoms with van der Waals surface area (Å²) in [5.74, 6) is -1.57. The highest BCUT2D eigenvalue weighted by atomic mass is 35.5. The monoisotopic (exact) mass is 317 g/mol. The van der Waals surface area contributed by atoms with Crippen molar-refractivity contribution in [1.82, 2.24) is 0 Å². The van der Waals surface area contributed by atoms with Crippen molar-refractivity contribution in [2.75, 3.05) is 16.4 Å². The Morgan fingerprint density at radius 3 is 2.27 bits per heavy atom. The predicted octanol–water partition coefficient (Wildman–Crippen LogP) is 3.06. The van der Waals surface area contributed by atoms with Gasteiger partial charge >= 0.3 is 11.8 Å². The molecule has 0 saturated carbocycles. The van der Waals surface area contributed by atoms with Gasteiger partial charge in [-0.3, -0.25) is 9.59 Å². The zero-order valence-corrected chi connectivity index (χ0v) is 12.8. The topological polar surface area (TPSA) is 84.2 Å². The molecule has 0 aliphatic rings. The van der Waals surface area contributed by atoms with Gasteiger partial charge in [0, 0.05) is 11.4 Å². The molecule has 0 heterocycles. The van der Waals surface area contributed by atoms with Crippen LogP contribution in [0.1, 0.15) is 12.5 Å². The van der Waals surface area contributed by atoms with Gasteiger partial charge in [-0.15, -0.1) is 0 Å². The normalized spacial score (nSPS) is 10.1. The molecule has 0 aromatic heterocycles. The number of nitrogen functional groups attached to an aromatic ring is 1. The average molecular weight is 318 g/mol. The van der Waals surface area contributed by atoms with Crippen molar-refractivity contribution in [3.63, 3.8) is 0 Å². The van der Waals surface area contributed by atoms with Crippen LogP contribution in [-0.4, -0.2) is 11.8 Å². The Balaban J connectivity index is 2.01. The van der Waals surface area contributed by atoms with E-state index in [-0.39, 0.29) is 5.02 Å². The van der Waals surface area contributed by atoms with Gasteiger partial charge in [0.2, 0.25) is 0 Å². The first-order valence-electron chi connectivity index (χ1n) is 6.76. The number of nitrogens with one attached hydrogen (secondary N) is 2. The average Bonchev–Trinajstić information content (AvgIpc) is 2.50. The van der Waals surface area contributed by atoms with E-state index in [1.807, 2.05) is 19.1 Å². The number of halogens is 1. The highest BCUT2D eigenvalue weighted by molar-refractivity contribution is 6.44. The fourth-order valence-electron chi connectivity index (χ4n) is 1.82. The molecule has 114 valence electrons. The van der Waals surface area contributed by atoms with E-state index >= 15 is 0 Å². The second kappa shape index (κ2) is 6.95. The van der Waals surface area contributed by atoms with Crippen molar-refractivity contribution < 1.29 is 9.59 Å². The lowest BCUT2D eigenvalue weighted by Crippen LogP contribution is -2.29. The van der Waals surface area contributed by atoms with Crippen molar-refractivity contribution in [2.24, 2.45) is 0 Å². The molecule has 4 N–H and O–H groups in total. The third-order valence-electron chi connectivity index (χ3n) is 3.07. The van der Waals surface area contributed by atoms with E-state index in [1.54, 1.807) is 24.3 Å². The number of rotatable bonds is 3. The minimum absolute atomic E-state index is 0.272. The lowest BCUT2D eigenvalue weighted by atomic mass is 10.1. The van der Waals surface area contributed by atoms with Crippen molar-refractivity contribution in [1.29, 1.82) is 0 Å². The summed E-state index contributed by atoms with van der Waals surface area (Å²) < 4.78 is 0. The number of anilines is 3. The van der Waals surface area contributed by atoms with Gasteiger partial charge in [-0.2, -0.15) is 0 Å². The van der Waals surface area contributed by atoms with Gasteiger partial charge in [0.05, 0.1) is 10.7 Å². The molecule has 0 aliphatic carbocycles. The fraction of sp³-hybridized carbons (Fsp3) is 0.125. The van der Waals surface area contributed by atoms with E-state index in [1.165, 1.54) is 6.07 Å². The molecule has 6 heteroatoms. The molecular formula is C16H16ClN3O2. The summed E-state index contributed by atoms with van der Waals surface area (Å²) in [7, 11) is 0. The van der Waals surface area contributed by atoms with Crippen LogP contribution in [0, 0.1) is 0 Å². The molecule has 0 bridgehead atoms. The Bertz CT molecular complexity index is 699. The Labute approximate surface area is 133 Å². The smallest absolute Gasteiger partial charge is 0.314 e. The number of aryl methyl sites for hydroxylation is 1. The maximum atomic E-state index is 11.9. The molecule has 0 atom stereocenters. The quantitative estimate of drug-likeness (QED) is 0.601. The SMILES string of the molecule is CCc1ccc(NC(=O)C(=O)Nc2ccc(N)cc2Cl)cc1. The molecule has 2 amide bonds. The fourth-order valence-corrected chi connectivity index (χ4v) is 2.06. The molecular weight excluding hydrogens is 302 g/mol. The number of hydrogen-bond donors (Lipinski definition) is 3. The third-order valence-corrected chi connectivity index (χ3v) is 3.38. The second-order valence-electron chi connectivity index (χ2n) is 4.70. The summed E-state index contributed by atoms with van der Waals surface area (Å²) in [4.78, 5) is 23.7. The first kappa shape index (κ1) is 15.9. The zero-order chi connectivity index (χ0) is 16.1. The number of benzene rings is 2. The summed E-state index contributed by atoms with van der Waals surface area (Å²) in [5.41, 5.74) is 8.08. The van der Waals surface area contributed by atoms with E-state index < -0.39 is 11.8 Å².